The topological polar surface area (TPSA) is 35.2 Å². The Balaban J connectivity index is 2.00. The maximum absolute atomic E-state index is 6.52. The number of hydrogen-bond donors (Lipinski definition) is 1. The first-order valence-corrected chi connectivity index (χ1v) is 7.89. The predicted octanol–water partition coefficient (Wildman–Crippen LogP) is 3.80. The molecule has 2 atom stereocenters. The quantitative estimate of drug-likeness (QED) is 0.754. The number of nitrogens with two attached hydrogens (primary N) is 1. The molecular formula is C16H29NO. The van der Waals surface area contributed by atoms with Crippen molar-refractivity contribution < 1.29 is 4.74 Å². The maximum atomic E-state index is 6.52. The van der Waals surface area contributed by atoms with Crippen LogP contribution in [0.4, 0.5) is 0 Å². The molecule has 0 heterocycles. The molecule has 0 amide bonds. The Hall–Kier alpha value is -0.340. The van der Waals surface area contributed by atoms with E-state index in [0.29, 0.717) is 5.92 Å². The lowest BCUT2D eigenvalue weighted by molar-refractivity contribution is -0.00306. The molecule has 2 aliphatic rings. The Labute approximate surface area is 112 Å². The standard InChI is InChI=1S/C16H29NO/c1-2-18-16(14-11-7-4-8-12-14)15(17)13-9-5-3-6-10-13/h9,14-16H,2-8,10-12,17H2,1H3. The molecule has 1 fully saturated rings. The Bertz CT molecular complexity index is 268. The number of hydrogen-bond acceptors (Lipinski definition) is 2. The zero-order valence-electron chi connectivity index (χ0n) is 11.9. The monoisotopic (exact) mass is 251 g/mol. The Morgan fingerprint density at radius 3 is 2.61 bits per heavy atom. The van der Waals surface area contributed by atoms with Crippen molar-refractivity contribution in [2.24, 2.45) is 11.7 Å². The Morgan fingerprint density at radius 2 is 2.00 bits per heavy atom. The Kier molecular flexibility index (Phi) is 5.71. The van der Waals surface area contributed by atoms with E-state index in [1.165, 1.54) is 63.4 Å². The molecule has 2 N–H and O–H groups in total. The van der Waals surface area contributed by atoms with Gasteiger partial charge in [0, 0.05) is 6.61 Å². The van der Waals surface area contributed by atoms with Gasteiger partial charge >= 0.3 is 0 Å². The second kappa shape index (κ2) is 7.30. The van der Waals surface area contributed by atoms with Crippen molar-refractivity contribution in [2.45, 2.75) is 76.9 Å². The fourth-order valence-corrected chi connectivity index (χ4v) is 3.56. The fourth-order valence-electron chi connectivity index (χ4n) is 3.56. The Morgan fingerprint density at radius 1 is 1.22 bits per heavy atom. The molecule has 0 bridgehead atoms. The van der Waals surface area contributed by atoms with E-state index < -0.39 is 0 Å². The first-order chi connectivity index (χ1) is 8.83. The van der Waals surface area contributed by atoms with Crippen LogP contribution in [0.2, 0.25) is 0 Å². The van der Waals surface area contributed by atoms with E-state index >= 15 is 0 Å². The minimum absolute atomic E-state index is 0.147. The van der Waals surface area contributed by atoms with Gasteiger partial charge in [-0.2, -0.15) is 0 Å². The van der Waals surface area contributed by atoms with E-state index in [4.69, 9.17) is 10.5 Å². The summed E-state index contributed by atoms with van der Waals surface area (Å²) in [7, 11) is 0. The van der Waals surface area contributed by atoms with Crippen molar-refractivity contribution in [1.82, 2.24) is 0 Å². The molecule has 0 spiro atoms. The fraction of sp³-hybridized carbons (Fsp3) is 0.875. The SMILES string of the molecule is CCOC(C1CCCCC1)C(N)C1=CCCCC1. The van der Waals surface area contributed by atoms with Crippen molar-refractivity contribution >= 4 is 0 Å². The molecule has 0 radical (unpaired) electrons. The third-order valence-electron chi connectivity index (χ3n) is 4.58. The number of ether oxygens (including phenoxy) is 1. The zero-order valence-corrected chi connectivity index (χ0v) is 11.9. The third kappa shape index (κ3) is 3.58. The molecule has 2 aliphatic carbocycles. The average molecular weight is 251 g/mol. The van der Waals surface area contributed by atoms with E-state index in [1.54, 1.807) is 0 Å². The van der Waals surface area contributed by atoms with Crippen LogP contribution in [-0.4, -0.2) is 18.8 Å². The van der Waals surface area contributed by atoms with Crippen LogP contribution in [0.5, 0.6) is 0 Å². The van der Waals surface area contributed by atoms with Crippen molar-refractivity contribution in [3.63, 3.8) is 0 Å². The molecule has 1 saturated carbocycles. The molecule has 2 nitrogen and oxygen atoms in total. The van der Waals surface area contributed by atoms with Crippen LogP contribution in [0.1, 0.15) is 64.7 Å². The predicted molar refractivity (Wildman–Crippen MR) is 76.5 cm³/mol. The minimum Gasteiger partial charge on any atom is -0.376 e. The zero-order chi connectivity index (χ0) is 12.8. The lowest BCUT2D eigenvalue weighted by Crippen LogP contribution is -2.44. The molecule has 0 saturated heterocycles. The summed E-state index contributed by atoms with van der Waals surface area (Å²) in [6.07, 6.45) is 14.4. The van der Waals surface area contributed by atoms with Crippen LogP contribution in [0, 0.1) is 5.92 Å². The second-order valence-electron chi connectivity index (χ2n) is 5.87. The molecule has 0 aromatic carbocycles. The largest absolute Gasteiger partial charge is 0.376 e. The van der Waals surface area contributed by atoms with Crippen LogP contribution in [0.3, 0.4) is 0 Å². The summed E-state index contributed by atoms with van der Waals surface area (Å²) in [5.74, 6) is 0.691. The first-order valence-electron chi connectivity index (χ1n) is 7.89. The molecular weight excluding hydrogens is 222 g/mol. The molecule has 104 valence electrons. The van der Waals surface area contributed by atoms with Gasteiger partial charge in [0.25, 0.3) is 0 Å². The van der Waals surface area contributed by atoms with Crippen LogP contribution in [0.25, 0.3) is 0 Å². The highest BCUT2D eigenvalue weighted by molar-refractivity contribution is 5.15. The van der Waals surface area contributed by atoms with Crippen LogP contribution in [0.15, 0.2) is 11.6 Å². The third-order valence-corrected chi connectivity index (χ3v) is 4.58. The maximum Gasteiger partial charge on any atom is 0.0792 e. The van der Waals surface area contributed by atoms with Crippen molar-refractivity contribution in [1.29, 1.82) is 0 Å². The first kappa shape index (κ1) is 14.1. The summed E-state index contributed by atoms with van der Waals surface area (Å²) >= 11 is 0. The molecule has 18 heavy (non-hydrogen) atoms. The lowest BCUT2D eigenvalue weighted by Gasteiger charge is -2.35. The summed E-state index contributed by atoms with van der Waals surface area (Å²) < 4.78 is 6.03. The number of allylic oxidation sites excluding steroid dienone is 1. The molecule has 0 aromatic rings. The van der Waals surface area contributed by atoms with Gasteiger partial charge in [0.2, 0.25) is 0 Å². The van der Waals surface area contributed by atoms with E-state index in [9.17, 15) is 0 Å². The summed E-state index contributed by atoms with van der Waals surface area (Å²) in [4.78, 5) is 0. The summed E-state index contributed by atoms with van der Waals surface area (Å²) in [5, 5.41) is 0. The van der Waals surface area contributed by atoms with Crippen molar-refractivity contribution in [3.8, 4) is 0 Å². The normalized spacial score (nSPS) is 25.6. The highest BCUT2D eigenvalue weighted by atomic mass is 16.5. The van der Waals surface area contributed by atoms with Gasteiger partial charge in [-0.05, 0) is 51.4 Å². The van der Waals surface area contributed by atoms with Crippen molar-refractivity contribution in [2.75, 3.05) is 6.61 Å². The van der Waals surface area contributed by atoms with Gasteiger partial charge in [-0.15, -0.1) is 0 Å². The molecule has 2 rings (SSSR count). The summed E-state index contributed by atoms with van der Waals surface area (Å²) in [6.45, 7) is 2.89. The molecule has 2 heteroatoms. The van der Waals surface area contributed by atoms with Gasteiger partial charge in [0.15, 0.2) is 0 Å². The van der Waals surface area contributed by atoms with Crippen LogP contribution >= 0.6 is 0 Å². The van der Waals surface area contributed by atoms with E-state index in [2.05, 4.69) is 13.0 Å². The van der Waals surface area contributed by atoms with Gasteiger partial charge in [0.1, 0.15) is 0 Å². The molecule has 2 unspecified atom stereocenters. The van der Waals surface area contributed by atoms with E-state index in [1.807, 2.05) is 0 Å². The van der Waals surface area contributed by atoms with Gasteiger partial charge in [-0.1, -0.05) is 30.9 Å². The van der Waals surface area contributed by atoms with Crippen LogP contribution < -0.4 is 5.73 Å². The van der Waals surface area contributed by atoms with Gasteiger partial charge in [-0.3, -0.25) is 0 Å². The molecule has 0 aromatic heterocycles. The lowest BCUT2D eigenvalue weighted by atomic mass is 9.79. The van der Waals surface area contributed by atoms with Gasteiger partial charge < -0.3 is 10.5 Å². The number of rotatable bonds is 5. The minimum atomic E-state index is 0.147. The second-order valence-corrected chi connectivity index (χ2v) is 5.87. The highest BCUT2D eigenvalue weighted by Gasteiger charge is 2.31. The summed E-state index contributed by atoms with van der Waals surface area (Å²) in [6, 6.07) is 0.147. The van der Waals surface area contributed by atoms with Gasteiger partial charge in [0.05, 0.1) is 12.1 Å². The smallest absolute Gasteiger partial charge is 0.0792 e. The van der Waals surface area contributed by atoms with E-state index in [-0.39, 0.29) is 12.1 Å². The summed E-state index contributed by atoms with van der Waals surface area (Å²) in [5.41, 5.74) is 7.98. The highest BCUT2D eigenvalue weighted by Crippen LogP contribution is 2.32. The van der Waals surface area contributed by atoms with Crippen molar-refractivity contribution in [3.05, 3.63) is 11.6 Å². The van der Waals surface area contributed by atoms with Crippen LogP contribution in [-0.2, 0) is 4.74 Å². The van der Waals surface area contributed by atoms with E-state index in [0.717, 1.165) is 6.61 Å². The molecule has 0 aliphatic heterocycles. The average Bonchev–Trinajstić information content (AvgIpc) is 2.46. The van der Waals surface area contributed by atoms with Gasteiger partial charge in [-0.25, -0.2) is 0 Å².